The van der Waals surface area contributed by atoms with Crippen molar-refractivity contribution in [2.24, 2.45) is 0 Å². The van der Waals surface area contributed by atoms with Crippen molar-refractivity contribution < 1.29 is 4.79 Å². The number of imidazole rings is 1. The van der Waals surface area contributed by atoms with Crippen LogP contribution in [0.5, 0.6) is 0 Å². The molecule has 2 amide bonds. The third-order valence-corrected chi connectivity index (χ3v) is 3.59. The molecule has 0 bridgehead atoms. The quantitative estimate of drug-likeness (QED) is 0.766. The molecule has 5 heteroatoms. The van der Waals surface area contributed by atoms with E-state index in [0.29, 0.717) is 5.95 Å². The Balaban J connectivity index is 1.84. The summed E-state index contributed by atoms with van der Waals surface area (Å²) in [4.78, 5) is 16.7. The number of urea groups is 1. The van der Waals surface area contributed by atoms with E-state index in [1.807, 2.05) is 66.9 Å². The highest BCUT2D eigenvalue weighted by Gasteiger charge is 2.12. The summed E-state index contributed by atoms with van der Waals surface area (Å²) in [6.07, 6.45) is 0. The second-order valence-corrected chi connectivity index (χ2v) is 5.06. The highest BCUT2D eigenvalue weighted by molar-refractivity contribution is 6.00. The number of hydrogen-bond acceptors (Lipinski definition) is 2. The normalized spacial score (nSPS) is 10.6. The van der Waals surface area contributed by atoms with Crippen LogP contribution in [0.2, 0.25) is 0 Å². The van der Waals surface area contributed by atoms with Crippen LogP contribution in [0.3, 0.4) is 0 Å². The summed E-state index contributed by atoms with van der Waals surface area (Å²) in [5.41, 5.74) is 3.69. The lowest BCUT2D eigenvalue weighted by atomic mass is 10.2. The molecule has 2 aromatic carbocycles. The van der Waals surface area contributed by atoms with Gasteiger partial charge in [-0.2, -0.15) is 0 Å². The molecule has 0 saturated carbocycles. The van der Waals surface area contributed by atoms with E-state index in [2.05, 4.69) is 15.6 Å². The highest BCUT2D eigenvalue weighted by atomic mass is 16.2. The average molecular weight is 294 g/mol. The van der Waals surface area contributed by atoms with Gasteiger partial charge in [0.2, 0.25) is 5.95 Å². The molecule has 1 aromatic heterocycles. The molecule has 22 heavy (non-hydrogen) atoms. The number of para-hydroxylation sites is 3. The minimum atomic E-state index is -0.292. The predicted octanol–water partition coefficient (Wildman–Crippen LogP) is 4.01. The number of hydrogen-bond donors (Lipinski definition) is 2. The zero-order chi connectivity index (χ0) is 15.5. The molecule has 0 fully saturated rings. The fourth-order valence-electron chi connectivity index (χ4n) is 2.46. The maximum atomic E-state index is 12.2. The summed E-state index contributed by atoms with van der Waals surface area (Å²) >= 11 is 0. The SMILES string of the molecule is CCn1c(NC(=O)Nc2ccccc2C)nc2ccccc21. The zero-order valence-corrected chi connectivity index (χ0v) is 12.6. The Kier molecular flexibility index (Phi) is 3.78. The second kappa shape index (κ2) is 5.89. The van der Waals surface area contributed by atoms with Gasteiger partial charge in [0.1, 0.15) is 0 Å². The number of amides is 2. The molecule has 3 aromatic rings. The van der Waals surface area contributed by atoms with Crippen LogP contribution >= 0.6 is 0 Å². The number of carbonyl (C=O) groups excluding carboxylic acids is 1. The van der Waals surface area contributed by atoms with E-state index in [0.717, 1.165) is 28.8 Å². The van der Waals surface area contributed by atoms with Crippen LogP contribution in [0.1, 0.15) is 12.5 Å². The molecule has 3 rings (SSSR count). The van der Waals surface area contributed by atoms with E-state index in [4.69, 9.17) is 0 Å². The van der Waals surface area contributed by atoms with Gasteiger partial charge in [0.25, 0.3) is 0 Å². The van der Waals surface area contributed by atoms with E-state index < -0.39 is 0 Å². The first-order valence-electron chi connectivity index (χ1n) is 7.28. The average Bonchev–Trinajstić information content (AvgIpc) is 2.86. The third kappa shape index (κ3) is 2.65. The molecule has 0 unspecified atom stereocenters. The van der Waals surface area contributed by atoms with Crippen molar-refractivity contribution in [2.75, 3.05) is 10.6 Å². The first kappa shape index (κ1) is 14.1. The Morgan fingerprint density at radius 3 is 2.59 bits per heavy atom. The van der Waals surface area contributed by atoms with Gasteiger partial charge >= 0.3 is 6.03 Å². The van der Waals surface area contributed by atoms with E-state index in [-0.39, 0.29) is 6.03 Å². The zero-order valence-electron chi connectivity index (χ0n) is 12.6. The molecule has 2 N–H and O–H groups in total. The van der Waals surface area contributed by atoms with Gasteiger partial charge < -0.3 is 9.88 Å². The first-order valence-corrected chi connectivity index (χ1v) is 7.28. The van der Waals surface area contributed by atoms with Crippen molar-refractivity contribution in [1.29, 1.82) is 0 Å². The molecule has 112 valence electrons. The lowest BCUT2D eigenvalue weighted by molar-refractivity contribution is 0.262. The van der Waals surface area contributed by atoms with Crippen molar-refractivity contribution in [3.63, 3.8) is 0 Å². The number of fused-ring (bicyclic) bond motifs is 1. The maximum absolute atomic E-state index is 12.2. The topological polar surface area (TPSA) is 59.0 Å². The monoisotopic (exact) mass is 294 g/mol. The standard InChI is InChI=1S/C17H18N4O/c1-3-21-15-11-7-6-10-14(15)18-16(21)20-17(22)19-13-9-5-4-8-12(13)2/h4-11H,3H2,1-2H3,(H2,18,19,20,22). The summed E-state index contributed by atoms with van der Waals surface area (Å²) in [5.74, 6) is 0.551. The maximum Gasteiger partial charge on any atom is 0.326 e. The lowest BCUT2D eigenvalue weighted by Crippen LogP contribution is -2.22. The third-order valence-electron chi connectivity index (χ3n) is 3.59. The Labute approximate surface area is 129 Å². The van der Waals surface area contributed by atoms with Gasteiger partial charge in [-0.3, -0.25) is 5.32 Å². The van der Waals surface area contributed by atoms with Crippen LogP contribution in [0.15, 0.2) is 48.5 Å². The molecule has 0 saturated heterocycles. The summed E-state index contributed by atoms with van der Waals surface area (Å²) < 4.78 is 1.98. The number of benzene rings is 2. The van der Waals surface area contributed by atoms with Crippen molar-refractivity contribution in [2.45, 2.75) is 20.4 Å². The smallest absolute Gasteiger partial charge is 0.310 e. The van der Waals surface area contributed by atoms with Crippen molar-refractivity contribution in [1.82, 2.24) is 9.55 Å². The van der Waals surface area contributed by atoms with Crippen molar-refractivity contribution in [3.8, 4) is 0 Å². The Morgan fingerprint density at radius 1 is 1.09 bits per heavy atom. The molecule has 0 atom stereocenters. The van der Waals surface area contributed by atoms with E-state index in [1.165, 1.54) is 0 Å². The Morgan fingerprint density at radius 2 is 1.82 bits per heavy atom. The largest absolute Gasteiger partial charge is 0.326 e. The predicted molar refractivity (Wildman–Crippen MR) is 89.2 cm³/mol. The van der Waals surface area contributed by atoms with E-state index in [9.17, 15) is 4.79 Å². The molecule has 0 aliphatic carbocycles. The Bertz CT molecular complexity index is 822. The minimum Gasteiger partial charge on any atom is -0.310 e. The van der Waals surface area contributed by atoms with Gasteiger partial charge in [0.05, 0.1) is 11.0 Å². The van der Waals surface area contributed by atoms with Crippen LogP contribution in [0, 0.1) is 6.92 Å². The number of rotatable bonds is 3. The number of nitrogens with zero attached hydrogens (tertiary/aromatic N) is 2. The summed E-state index contributed by atoms with van der Waals surface area (Å²) in [7, 11) is 0. The van der Waals surface area contributed by atoms with Crippen LogP contribution < -0.4 is 10.6 Å². The lowest BCUT2D eigenvalue weighted by Gasteiger charge is -2.10. The van der Waals surface area contributed by atoms with E-state index in [1.54, 1.807) is 0 Å². The molecule has 0 aliphatic rings. The fourth-order valence-corrected chi connectivity index (χ4v) is 2.46. The molecule has 5 nitrogen and oxygen atoms in total. The van der Waals surface area contributed by atoms with Crippen molar-refractivity contribution in [3.05, 3.63) is 54.1 Å². The number of nitrogens with one attached hydrogen (secondary N) is 2. The van der Waals surface area contributed by atoms with Gasteiger partial charge in [0.15, 0.2) is 0 Å². The van der Waals surface area contributed by atoms with E-state index >= 15 is 0 Å². The summed E-state index contributed by atoms with van der Waals surface area (Å²) in [6, 6.07) is 15.2. The highest BCUT2D eigenvalue weighted by Crippen LogP contribution is 2.20. The van der Waals surface area contributed by atoms with Crippen LogP contribution in [-0.2, 0) is 6.54 Å². The Hall–Kier alpha value is -2.82. The molecule has 0 aliphatic heterocycles. The van der Waals surface area contributed by atoms with Crippen LogP contribution in [-0.4, -0.2) is 15.6 Å². The molecule has 0 radical (unpaired) electrons. The van der Waals surface area contributed by atoms with Gasteiger partial charge in [0, 0.05) is 12.2 Å². The molecule has 0 spiro atoms. The van der Waals surface area contributed by atoms with Crippen LogP contribution in [0.25, 0.3) is 11.0 Å². The summed E-state index contributed by atoms with van der Waals surface area (Å²) in [5, 5.41) is 5.68. The molecule has 1 heterocycles. The number of aromatic nitrogens is 2. The summed E-state index contributed by atoms with van der Waals surface area (Å²) in [6.45, 7) is 4.72. The fraction of sp³-hybridized carbons (Fsp3) is 0.176. The number of carbonyl (C=O) groups is 1. The first-order chi connectivity index (χ1) is 10.7. The van der Waals surface area contributed by atoms with Gasteiger partial charge in [-0.15, -0.1) is 0 Å². The second-order valence-electron chi connectivity index (χ2n) is 5.06. The minimum absolute atomic E-state index is 0.292. The molecular formula is C17H18N4O. The van der Waals surface area contributed by atoms with Gasteiger partial charge in [-0.25, -0.2) is 9.78 Å². The van der Waals surface area contributed by atoms with Gasteiger partial charge in [-0.05, 0) is 37.6 Å². The molecular weight excluding hydrogens is 276 g/mol. The van der Waals surface area contributed by atoms with Crippen molar-refractivity contribution >= 4 is 28.7 Å². The van der Waals surface area contributed by atoms with Crippen LogP contribution in [0.4, 0.5) is 16.4 Å². The number of aryl methyl sites for hydroxylation is 2. The van der Waals surface area contributed by atoms with Gasteiger partial charge in [-0.1, -0.05) is 30.3 Å². The number of anilines is 2.